The van der Waals surface area contributed by atoms with Gasteiger partial charge < -0.3 is 4.74 Å². The van der Waals surface area contributed by atoms with Crippen LogP contribution in [0.15, 0.2) is 30.3 Å². The minimum atomic E-state index is -5.06. The lowest BCUT2D eigenvalue weighted by Crippen LogP contribution is -2.69. The van der Waals surface area contributed by atoms with Gasteiger partial charge in [-0.1, -0.05) is 30.3 Å². The predicted octanol–water partition coefficient (Wildman–Crippen LogP) is -1.29. The van der Waals surface area contributed by atoms with Crippen molar-refractivity contribution >= 4 is 39.9 Å². The lowest BCUT2D eigenvalue weighted by Gasteiger charge is -2.40. The molecule has 1 heterocycles. The van der Waals surface area contributed by atoms with Crippen LogP contribution in [0.2, 0.25) is 0 Å². The summed E-state index contributed by atoms with van der Waals surface area (Å²) in [4.78, 5) is 12.1. The maximum Gasteiger partial charge on any atom is 0.425 e. The molecule has 1 fully saturated rings. The Bertz CT molecular complexity index is 743. The summed E-state index contributed by atoms with van der Waals surface area (Å²) in [6.45, 7) is -0.375. The van der Waals surface area contributed by atoms with Crippen molar-refractivity contribution in [1.82, 2.24) is 4.31 Å². The molecule has 0 saturated carbocycles. The van der Waals surface area contributed by atoms with Crippen LogP contribution >= 0.6 is 0 Å². The highest BCUT2D eigenvalue weighted by Crippen LogP contribution is 2.47. The second kappa shape index (κ2) is 5.73. The Labute approximate surface area is 139 Å². The zero-order valence-electron chi connectivity index (χ0n) is 13.1. The molecule has 0 bridgehead atoms. The van der Waals surface area contributed by atoms with Crippen molar-refractivity contribution in [3.8, 4) is 0 Å². The third-order valence-electron chi connectivity index (χ3n) is 4.04. The van der Waals surface area contributed by atoms with Crippen molar-refractivity contribution in [1.29, 1.82) is 0 Å². The van der Waals surface area contributed by atoms with Gasteiger partial charge in [0.05, 0.1) is 0 Å². The molecular formula is C11H13B3F3NO5S. The van der Waals surface area contributed by atoms with E-state index in [4.69, 9.17) is 4.74 Å². The van der Waals surface area contributed by atoms with Crippen molar-refractivity contribution in [2.75, 3.05) is 0 Å². The van der Waals surface area contributed by atoms with Gasteiger partial charge in [-0.2, -0.15) is 25.9 Å². The smallest absolute Gasteiger partial charge is 0.425 e. The number of amides is 1. The summed E-state index contributed by atoms with van der Waals surface area (Å²) in [7, 11) is -2.47. The fourth-order valence-electron chi connectivity index (χ4n) is 2.36. The standard InChI is InChI=1S/C11H13B3F3NO5S/c12-9(11(15,16)17)10(13,14)23-24(20,21)18(9)8(19)22-6-7-4-2-1-3-5-7/h1-5H,6,12-14H2/t9-/m0/s1. The van der Waals surface area contributed by atoms with Crippen LogP contribution < -0.4 is 0 Å². The highest BCUT2D eigenvalue weighted by molar-refractivity contribution is 7.85. The molecule has 1 aromatic carbocycles. The van der Waals surface area contributed by atoms with E-state index in [0.717, 1.165) is 15.7 Å². The number of alkyl halides is 3. The molecule has 24 heavy (non-hydrogen) atoms. The van der Waals surface area contributed by atoms with E-state index in [2.05, 4.69) is 4.18 Å². The molecule has 1 atom stereocenters. The average Bonchev–Trinajstić information content (AvgIpc) is 2.58. The van der Waals surface area contributed by atoms with Gasteiger partial charge >= 0.3 is 22.6 Å². The van der Waals surface area contributed by atoms with Crippen LogP contribution in [0.25, 0.3) is 0 Å². The second-order valence-corrected chi connectivity index (χ2v) is 7.31. The van der Waals surface area contributed by atoms with Crippen molar-refractivity contribution in [3.63, 3.8) is 0 Å². The molecule has 0 spiro atoms. The Morgan fingerprint density at radius 3 is 2.25 bits per heavy atom. The van der Waals surface area contributed by atoms with Crippen LogP contribution in [0.3, 0.4) is 0 Å². The third-order valence-corrected chi connectivity index (χ3v) is 5.63. The molecule has 0 N–H and O–H groups in total. The summed E-state index contributed by atoms with van der Waals surface area (Å²) < 4.78 is 73.6. The van der Waals surface area contributed by atoms with Gasteiger partial charge in [-0.3, -0.25) is 4.18 Å². The molecule has 0 radical (unpaired) electrons. The van der Waals surface area contributed by atoms with Gasteiger partial charge in [0.15, 0.2) is 7.85 Å². The molecule has 1 aliphatic rings. The molecule has 1 aromatic rings. The van der Waals surface area contributed by atoms with E-state index in [1.54, 1.807) is 30.3 Å². The maximum atomic E-state index is 13.6. The zero-order valence-corrected chi connectivity index (χ0v) is 13.9. The van der Waals surface area contributed by atoms with Crippen molar-refractivity contribution in [3.05, 3.63) is 35.9 Å². The van der Waals surface area contributed by atoms with Crippen LogP contribution in [0, 0.1) is 0 Å². The Morgan fingerprint density at radius 2 is 1.75 bits per heavy atom. The third kappa shape index (κ3) is 2.90. The van der Waals surface area contributed by atoms with Crippen LogP contribution in [-0.2, 0) is 25.8 Å². The fraction of sp³-hybridized carbons (Fsp3) is 0.364. The number of hydrogen-bond acceptors (Lipinski definition) is 5. The van der Waals surface area contributed by atoms with Gasteiger partial charge in [0, 0.05) is 5.40 Å². The van der Waals surface area contributed by atoms with Crippen LogP contribution in [-0.4, -0.2) is 59.4 Å². The van der Waals surface area contributed by atoms with Gasteiger partial charge in [-0.15, -0.1) is 0 Å². The second-order valence-electron chi connectivity index (χ2n) is 5.93. The molecule has 1 saturated heterocycles. The first-order valence-electron chi connectivity index (χ1n) is 6.86. The molecule has 13 heteroatoms. The number of halogens is 3. The van der Waals surface area contributed by atoms with Crippen molar-refractivity contribution in [2.24, 2.45) is 0 Å². The van der Waals surface area contributed by atoms with Crippen LogP contribution in [0.1, 0.15) is 5.56 Å². The van der Waals surface area contributed by atoms with Crippen LogP contribution in [0.4, 0.5) is 18.0 Å². The van der Waals surface area contributed by atoms with E-state index < -0.39 is 33.4 Å². The summed E-state index contributed by atoms with van der Waals surface area (Å²) in [6, 6.07) is 8.14. The minimum absolute atomic E-state index is 0.372. The number of hydrogen-bond donors (Lipinski definition) is 0. The number of rotatable bonds is 2. The zero-order chi connectivity index (χ0) is 18.4. The first-order chi connectivity index (χ1) is 10.8. The Kier molecular flexibility index (Phi) is 4.47. The number of nitrogens with zero attached hydrogens (tertiary/aromatic N) is 1. The lowest BCUT2D eigenvalue weighted by molar-refractivity contribution is -0.192. The number of benzene rings is 1. The van der Waals surface area contributed by atoms with E-state index in [0.29, 0.717) is 13.4 Å². The summed E-state index contributed by atoms with van der Waals surface area (Å²) in [5.41, 5.74) is -2.61. The SMILES string of the molecule is BC1(B)OS(=O)(=O)N(C(=O)OCc2ccccc2)[C@]1(B)C(F)(F)F. The predicted molar refractivity (Wildman–Crippen MR) is 85.6 cm³/mol. The summed E-state index contributed by atoms with van der Waals surface area (Å²) in [5.74, 6) is 0. The summed E-state index contributed by atoms with van der Waals surface area (Å²) in [5, 5.41) is -2.21. The van der Waals surface area contributed by atoms with Crippen LogP contribution in [0.5, 0.6) is 0 Å². The number of carbonyl (C=O) groups excluding carboxylic acids is 1. The number of carbonyl (C=O) groups is 1. The summed E-state index contributed by atoms with van der Waals surface area (Å²) >= 11 is 0. The number of ether oxygens (including phenoxy) is 1. The molecule has 1 aliphatic heterocycles. The first kappa shape index (κ1) is 18.7. The highest BCUT2D eigenvalue weighted by atomic mass is 32.2. The van der Waals surface area contributed by atoms with Gasteiger partial charge in [0.2, 0.25) is 0 Å². The van der Waals surface area contributed by atoms with E-state index in [1.165, 1.54) is 0 Å². The molecule has 1 amide bonds. The van der Waals surface area contributed by atoms with E-state index in [9.17, 15) is 26.4 Å². The van der Waals surface area contributed by atoms with Gasteiger partial charge in [-0.05, 0) is 5.56 Å². The Morgan fingerprint density at radius 1 is 1.21 bits per heavy atom. The molecule has 6 nitrogen and oxygen atoms in total. The quantitative estimate of drug-likeness (QED) is 0.614. The van der Waals surface area contributed by atoms with Gasteiger partial charge in [0.25, 0.3) is 0 Å². The average molecular weight is 361 g/mol. The van der Waals surface area contributed by atoms with Crippen molar-refractivity contribution < 1.29 is 35.3 Å². The van der Waals surface area contributed by atoms with Crippen molar-refractivity contribution in [2.45, 2.75) is 23.6 Å². The normalized spacial score (nSPS) is 25.4. The molecule has 0 aliphatic carbocycles. The van der Waals surface area contributed by atoms with E-state index in [1.807, 2.05) is 0 Å². The molecular weight excluding hydrogens is 348 g/mol. The maximum absolute atomic E-state index is 13.6. The Hall–Kier alpha value is -1.62. The summed E-state index contributed by atoms with van der Waals surface area (Å²) in [6.07, 6.45) is -6.71. The minimum Gasteiger partial charge on any atom is -0.444 e. The van der Waals surface area contributed by atoms with Gasteiger partial charge in [0.1, 0.15) is 27.7 Å². The largest absolute Gasteiger partial charge is 0.444 e. The molecule has 0 unspecified atom stereocenters. The lowest BCUT2D eigenvalue weighted by atomic mass is 9.47. The van der Waals surface area contributed by atoms with E-state index >= 15 is 0 Å². The highest BCUT2D eigenvalue weighted by Gasteiger charge is 2.73. The van der Waals surface area contributed by atoms with Gasteiger partial charge in [-0.25, -0.2) is 4.79 Å². The monoisotopic (exact) mass is 361 g/mol. The Balaban J connectivity index is 2.36. The fourth-order valence-corrected chi connectivity index (χ4v) is 4.13. The molecule has 2 rings (SSSR count). The first-order valence-corrected chi connectivity index (χ1v) is 8.23. The van der Waals surface area contributed by atoms with E-state index in [-0.39, 0.29) is 10.9 Å². The molecule has 128 valence electrons. The topological polar surface area (TPSA) is 72.9 Å². The molecule has 0 aromatic heterocycles.